The van der Waals surface area contributed by atoms with E-state index >= 15 is 0 Å². The molecule has 7 heteroatoms. The molecule has 4 rings (SSSR count). The Bertz CT molecular complexity index is 1230. The fourth-order valence-electron chi connectivity index (χ4n) is 3.70. The number of urea groups is 1. The average molecular weight is 473 g/mol. The normalized spacial score (nSPS) is 12.1. The van der Waals surface area contributed by atoms with Crippen LogP contribution in [0, 0.1) is 0 Å². The number of ether oxygens (including phenoxy) is 3. The van der Waals surface area contributed by atoms with Gasteiger partial charge < -0.3 is 19.5 Å². The molecule has 3 aromatic rings. The van der Waals surface area contributed by atoms with Crippen LogP contribution in [0.4, 0.5) is 10.5 Å². The van der Waals surface area contributed by atoms with Crippen molar-refractivity contribution in [1.82, 2.24) is 5.32 Å². The summed E-state index contributed by atoms with van der Waals surface area (Å²) in [5.74, 6) is 1.05. The number of carbonyl (C=O) groups is 2. The predicted octanol–water partition coefficient (Wildman–Crippen LogP) is 5.39. The highest BCUT2D eigenvalue weighted by Gasteiger charge is 2.18. The Morgan fingerprint density at radius 2 is 1.74 bits per heavy atom. The summed E-state index contributed by atoms with van der Waals surface area (Å²) in [7, 11) is 1.33. The summed E-state index contributed by atoms with van der Waals surface area (Å²) in [4.78, 5) is 26.2. The van der Waals surface area contributed by atoms with Gasteiger partial charge in [-0.1, -0.05) is 42.5 Å². The molecule has 1 aliphatic rings. The molecule has 1 N–H and O–H groups in total. The molecule has 0 unspecified atom stereocenters. The van der Waals surface area contributed by atoms with Crippen LogP contribution in [0.5, 0.6) is 11.5 Å². The highest BCUT2D eigenvalue weighted by atomic mass is 16.7. The van der Waals surface area contributed by atoms with Crippen molar-refractivity contribution in [1.29, 1.82) is 0 Å². The van der Waals surface area contributed by atoms with Gasteiger partial charge in [0, 0.05) is 17.8 Å². The summed E-state index contributed by atoms with van der Waals surface area (Å²) in [6.45, 7) is 4.47. The number of rotatable bonds is 7. The van der Waals surface area contributed by atoms with E-state index in [1.807, 2.05) is 80.6 Å². The molecule has 0 aliphatic carbocycles. The highest BCUT2D eigenvalue weighted by molar-refractivity contribution is 5.93. The van der Waals surface area contributed by atoms with Gasteiger partial charge in [0.15, 0.2) is 11.5 Å². The molecule has 0 spiro atoms. The fraction of sp³-hybridized carbons (Fsp3) is 0.214. The molecule has 0 radical (unpaired) electrons. The van der Waals surface area contributed by atoms with Crippen molar-refractivity contribution in [3.63, 3.8) is 0 Å². The van der Waals surface area contributed by atoms with Gasteiger partial charge in [-0.15, -0.1) is 0 Å². The lowest BCUT2D eigenvalue weighted by molar-refractivity contribution is -0.134. The van der Waals surface area contributed by atoms with Crippen LogP contribution in [-0.4, -0.2) is 31.9 Å². The Kier molecular flexibility index (Phi) is 7.35. The number of benzene rings is 3. The van der Waals surface area contributed by atoms with Crippen LogP contribution in [0.2, 0.25) is 0 Å². The Morgan fingerprint density at radius 1 is 1.00 bits per heavy atom. The van der Waals surface area contributed by atoms with E-state index in [-0.39, 0.29) is 18.9 Å². The maximum Gasteiger partial charge on any atom is 0.330 e. The van der Waals surface area contributed by atoms with Gasteiger partial charge >= 0.3 is 12.0 Å². The first-order valence-electron chi connectivity index (χ1n) is 11.4. The number of methoxy groups -OCH3 is 1. The Balaban J connectivity index is 1.57. The molecule has 1 heterocycles. The van der Waals surface area contributed by atoms with Crippen molar-refractivity contribution < 1.29 is 23.8 Å². The third-order valence-electron chi connectivity index (χ3n) is 5.45. The van der Waals surface area contributed by atoms with Crippen molar-refractivity contribution in [2.24, 2.45) is 0 Å². The quantitative estimate of drug-likeness (QED) is 0.368. The number of nitrogens with zero attached hydrogens (tertiary/aromatic N) is 1. The van der Waals surface area contributed by atoms with Crippen molar-refractivity contribution in [2.45, 2.75) is 26.4 Å². The first-order chi connectivity index (χ1) is 16.9. The van der Waals surface area contributed by atoms with Crippen LogP contribution in [0.15, 0.2) is 72.8 Å². The minimum atomic E-state index is -0.438. The van der Waals surface area contributed by atoms with E-state index in [2.05, 4.69) is 10.1 Å². The Labute approximate surface area is 204 Å². The number of fused-ring (bicyclic) bond motifs is 1. The number of amides is 2. The lowest BCUT2D eigenvalue weighted by atomic mass is 10.0. The molecule has 0 saturated carbocycles. The summed E-state index contributed by atoms with van der Waals surface area (Å²) in [5.41, 5.74) is 4.55. The molecule has 0 aromatic heterocycles. The summed E-state index contributed by atoms with van der Waals surface area (Å²) in [5, 5.41) is 2.97. The maximum absolute atomic E-state index is 13.1. The predicted molar refractivity (Wildman–Crippen MR) is 135 cm³/mol. The smallest absolute Gasteiger partial charge is 0.330 e. The van der Waals surface area contributed by atoms with E-state index in [9.17, 15) is 9.59 Å². The average Bonchev–Trinajstić information content (AvgIpc) is 3.34. The topological polar surface area (TPSA) is 77.1 Å². The summed E-state index contributed by atoms with van der Waals surface area (Å²) in [6.07, 6.45) is 3.01. The van der Waals surface area contributed by atoms with Crippen LogP contribution in [-0.2, 0) is 16.1 Å². The van der Waals surface area contributed by atoms with Crippen LogP contribution in [0.25, 0.3) is 17.2 Å². The second kappa shape index (κ2) is 10.8. The lowest BCUT2D eigenvalue weighted by Crippen LogP contribution is -2.42. The molecule has 0 saturated heterocycles. The second-order valence-corrected chi connectivity index (χ2v) is 8.41. The number of carbonyl (C=O) groups excluding carboxylic acids is 2. The molecule has 180 valence electrons. The SMILES string of the molecule is COC(=O)/C=C/c1cccc(N(Cc2ccc(-c3ccc4c(c3)OCO4)cc2)C(=O)NC(C)C)c1. The van der Waals surface area contributed by atoms with Gasteiger partial charge in [0.05, 0.1) is 13.7 Å². The summed E-state index contributed by atoms with van der Waals surface area (Å²) in [6, 6.07) is 21.2. The van der Waals surface area contributed by atoms with Gasteiger partial charge in [0.2, 0.25) is 6.79 Å². The monoisotopic (exact) mass is 472 g/mol. The minimum absolute atomic E-state index is 0.0132. The Hall–Kier alpha value is -4.26. The summed E-state index contributed by atoms with van der Waals surface area (Å²) >= 11 is 0. The van der Waals surface area contributed by atoms with Gasteiger partial charge in [0.25, 0.3) is 0 Å². The van der Waals surface area contributed by atoms with Gasteiger partial charge in [-0.05, 0) is 66.4 Å². The highest BCUT2D eigenvalue weighted by Crippen LogP contribution is 2.36. The number of nitrogens with one attached hydrogen (secondary N) is 1. The first kappa shape index (κ1) is 23.9. The molecule has 0 atom stereocenters. The van der Waals surface area contributed by atoms with E-state index in [1.54, 1.807) is 11.0 Å². The first-order valence-corrected chi connectivity index (χ1v) is 11.4. The number of hydrogen-bond acceptors (Lipinski definition) is 5. The molecule has 35 heavy (non-hydrogen) atoms. The third-order valence-corrected chi connectivity index (χ3v) is 5.45. The van der Waals surface area contributed by atoms with Crippen molar-refractivity contribution in [3.05, 3.63) is 83.9 Å². The fourth-order valence-corrected chi connectivity index (χ4v) is 3.70. The van der Waals surface area contributed by atoms with Gasteiger partial charge in [-0.3, -0.25) is 4.90 Å². The zero-order valence-corrected chi connectivity index (χ0v) is 20.0. The minimum Gasteiger partial charge on any atom is -0.466 e. The van der Waals surface area contributed by atoms with E-state index in [1.165, 1.54) is 13.2 Å². The van der Waals surface area contributed by atoms with Crippen LogP contribution in [0.3, 0.4) is 0 Å². The van der Waals surface area contributed by atoms with Gasteiger partial charge in [-0.2, -0.15) is 0 Å². The summed E-state index contributed by atoms with van der Waals surface area (Å²) < 4.78 is 15.5. The number of hydrogen-bond donors (Lipinski definition) is 1. The standard InChI is InChI=1S/C28H28N2O5/c1-19(2)29-28(32)30(24-6-4-5-20(15-24)9-14-27(31)33-3)17-21-7-10-22(11-8-21)23-12-13-25-26(16-23)35-18-34-25/h4-16,19H,17-18H2,1-3H3,(H,29,32)/b14-9+. The van der Waals surface area contributed by atoms with E-state index in [0.29, 0.717) is 6.54 Å². The molecule has 0 bridgehead atoms. The zero-order valence-electron chi connectivity index (χ0n) is 20.0. The van der Waals surface area contributed by atoms with E-state index < -0.39 is 5.97 Å². The zero-order chi connectivity index (χ0) is 24.8. The molecule has 7 nitrogen and oxygen atoms in total. The maximum atomic E-state index is 13.1. The lowest BCUT2D eigenvalue weighted by Gasteiger charge is -2.25. The molecule has 3 aromatic carbocycles. The molecule has 0 fully saturated rings. The molecule has 1 aliphatic heterocycles. The van der Waals surface area contributed by atoms with Crippen molar-refractivity contribution in [2.75, 3.05) is 18.8 Å². The third kappa shape index (κ3) is 6.00. The largest absolute Gasteiger partial charge is 0.466 e. The number of esters is 1. The van der Waals surface area contributed by atoms with Crippen molar-refractivity contribution >= 4 is 23.8 Å². The van der Waals surface area contributed by atoms with Gasteiger partial charge in [-0.25, -0.2) is 9.59 Å². The van der Waals surface area contributed by atoms with E-state index in [0.717, 1.165) is 39.4 Å². The van der Waals surface area contributed by atoms with Gasteiger partial charge in [0.1, 0.15) is 0 Å². The second-order valence-electron chi connectivity index (χ2n) is 8.41. The van der Waals surface area contributed by atoms with E-state index in [4.69, 9.17) is 9.47 Å². The Morgan fingerprint density at radius 3 is 2.49 bits per heavy atom. The molecular formula is C28H28N2O5. The molecular weight excluding hydrogens is 444 g/mol. The molecule has 2 amide bonds. The van der Waals surface area contributed by atoms with Crippen LogP contribution < -0.4 is 19.7 Å². The number of anilines is 1. The van der Waals surface area contributed by atoms with Crippen LogP contribution >= 0.6 is 0 Å². The van der Waals surface area contributed by atoms with Crippen LogP contribution in [0.1, 0.15) is 25.0 Å². The van der Waals surface area contributed by atoms with Crippen molar-refractivity contribution in [3.8, 4) is 22.6 Å².